The van der Waals surface area contributed by atoms with Crippen molar-refractivity contribution in [2.75, 3.05) is 0 Å². The summed E-state index contributed by atoms with van der Waals surface area (Å²) < 4.78 is 188. The van der Waals surface area contributed by atoms with Gasteiger partial charge in [0, 0.05) is 6.92 Å². The Morgan fingerprint density at radius 3 is 1.24 bits per heavy atom. The molecule has 0 saturated heterocycles. The van der Waals surface area contributed by atoms with Crippen molar-refractivity contribution >= 4 is 0 Å². The summed E-state index contributed by atoms with van der Waals surface area (Å²) in [7, 11) is 0. The van der Waals surface area contributed by atoms with Crippen molar-refractivity contribution in [2.45, 2.75) is 61.5 Å². The fraction of sp³-hybridized carbons (Fsp3) is 1.00. The van der Waals surface area contributed by atoms with Crippen LogP contribution in [0.2, 0.25) is 0 Å². The topological polar surface area (TPSA) is 0 Å². The minimum atomic E-state index is -7.80. The number of hydrogen-bond donors (Lipinski definition) is 0. The SMILES string of the molecule is CC(F)(F)C(F)C(F)CC(F)(F)C(F)(F)C(F)(F)C(F)(F)C(F)(F)F. The van der Waals surface area contributed by atoms with E-state index in [0.29, 0.717) is 0 Å². The lowest BCUT2D eigenvalue weighted by atomic mass is 9.93. The Balaban J connectivity index is 5.82. The predicted molar refractivity (Wildman–Crippen MR) is 50.9 cm³/mol. The van der Waals surface area contributed by atoms with Gasteiger partial charge in [-0.25, -0.2) is 17.6 Å². The van der Waals surface area contributed by atoms with Crippen LogP contribution in [-0.2, 0) is 0 Å². The van der Waals surface area contributed by atoms with Gasteiger partial charge in [0.25, 0.3) is 5.92 Å². The maximum absolute atomic E-state index is 13.0. The highest BCUT2D eigenvalue weighted by molar-refractivity contribution is 5.07. The Bertz CT molecular complexity index is 456. The van der Waals surface area contributed by atoms with Gasteiger partial charge < -0.3 is 0 Å². The van der Waals surface area contributed by atoms with E-state index in [0.717, 1.165) is 0 Å². The van der Waals surface area contributed by atoms with Gasteiger partial charge in [0.15, 0.2) is 6.17 Å². The number of rotatable bonds is 7. The molecule has 0 N–H and O–H groups in total. The molecule has 2 unspecified atom stereocenters. The van der Waals surface area contributed by atoms with Crippen LogP contribution in [0.25, 0.3) is 0 Å². The second kappa shape index (κ2) is 6.28. The highest BCUT2D eigenvalue weighted by Crippen LogP contribution is 2.58. The molecule has 0 fully saturated rings. The normalized spacial score (nSPS) is 18.2. The number of halogens is 15. The maximum Gasteiger partial charge on any atom is 0.460 e. The van der Waals surface area contributed by atoms with Crippen LogP contribution in [0.1, 0.15) is 13.3 Å². The van der Waals surface area contributed by atoms with Crippen molar-refractivity contribution in [1.29, 1.82) is 0 Å². The standard InChI is InChI=1S/C10H7F15/c1-5(13,14)4(12)3(11)2-6(15,16)7(17,18)8(19,20)9(21,22)10(23,24)25/h3-4H,2H2,1H3. The van der Waals surface area contributed by atoms with Gasteiger partial charge in [0.2, 0.25) is 0 Å². The van der Waals surface area contributed by atoms with Crippen molar-refractivity contribution in [1.82, 2.24) is 0 Å². The third-order valence-electron chi connectivity index (χ3n) is 2.86. The summed E-state index contributed by atoms with van der Waals surface area (Å²) >= 11 is 0. The lowest BCUT2D eigenvalue weighted by Gasteiger charge is -2.37. The molecule has 0 aromatic rings. The zero-order valence-corrected chi connectivity index (χ0v) is 11.5. The van der Waals surface area contributed by atoms with Crippen molar-refractivity contribution < 1.29 is 65.9 Å². The van der Waals surface area contributed by atoms with Crippen molar-refractivity contribution in [3.8, 4) is 0 Å². The van der Waals surface area contributed by atoms with E-state index in [1.165, 1.54) is 0 Å². The quantitative estimate of drug-likeness (QED) is 0.463. The molecule has 0 aromatic heterocycles. The first-order valence-electron chi connectivity index (χ1n) is 5.78. The average Bonchev–Trinajstić information content (AvgIpc) is 2.33. The highest BCUT2D eigenvalue weighted by Gasteiger charge is 2.87. The van der Waals surface area contributed by atoms with Crippen LogP contribution in [0.3, 0.4) is 0 Å². The molecular formula is C10H7F15. The Morgan fingerprint density at radius 1 is 0.600 bits per heavy atom. The molecule has 2 atom stereocenters. The van der Waals surface area contributed by atoms with E-state index in [4.69, 9.17) is 0 Å². The molecule has 25 heavy (non-hydrogen) atoms. The van der Waals surface area contributed by atoms with Crippen LogP contribution < -0.4 is 0 Å². The lowest BCUT2D eigenvalue weighted by Crippen LogP contribution is -2.66. The van der Waals surface area contributed by atoms with Gasteiger partial charge in [-0.1, -0.05) is 0 Å². The van der Waals surface area contributed by atoms with Crippen LogP contribution in [-0.4, -0.2) is 48.1 Å². The summed E-state index contributed by atoms with van der Waals surface area (Å²) in [4.78, 5) is 0. The zero-order valence-electron chi connectivity index (χ0n) is 11.5. The summed E-state index contributed by atoms with van der Waals surface area (Å²) in [6.45, 7) is -0.410. The van der Waals surface area contributed by atoms with Gasteiger partial charge in [-0.15, -0.1) is 0 Å². The van der Waals surface area contributed by atoms with E-state index in [2.05, 4.69) is 0 Å². The van der Waals surface area contributed by atoms with Gasteiger partial charge in [-0.3, -0.25) is 0 Å². The summed E-state index contributed by atoms with van der Waals surface area (Å²) in [5, 5.41) is 0. The molecule has 0 spiro atoms. The van der Waals surface area contributed by atoms with Gasteiger partial charge in [-0.05, 0) is 0 Å². The Morgan fingerprint density at radius 2 is 0.960 bits per heavy atom. The summed E-state index contributed by atoms with van der Waals surface area (Å²) in [6.07, 6.45) is -19.4. The van der Waals surface area contributed by atoms with Crippen LogP contribution >= 0.6 is 0 Å². The fourth-order valence-electron chi connectivity index (χ4n) is 1.40. The van der Waals surface area contributed by atoms with Crippen molar-refractivity contribution in [3.05, 3.63) is 0 Å². The minimum Gasteiger partial charge on any atom is -0.244 e. The molecule has 0 aliphatic carbocycles. The summed E-state index contributed by atoms with van der Waals surface area (Å²) in [5.41, 5.74) is 0. The van der Waals surface area contributed by atoms with Gasteiger partial charge in [0.1, 0.15) is 6.17 Å². The molecule has 15 heteroatoms. The van der Waals surface area contributed by atoms with E-state index in [1.807, 2.05) is 0 Å². The average molecular weight is 412 g/mol. The third-order valence-corrected chi connectivity index (χ3v) is 2.86. The Labute approximate surface area is 129 Å². The van der Waals surface area contributed by atoms with E-state index in [-0.39, 0.29) is 0 Å². The number of alkyl halides is 15. The summed E-state index contributed by atoms with van der Waals surface area (Å²) in [5.74, 6) is -34.6. The van der Waals surface area contributed by atoms with Crippen molar-refractivity contribution in [2.24, 2.45) is 0 Å². The van der Waals surface area contributed by atoms with Gasteiger partial charge in [0.05, 0.1) is 6.42 Å². The molecule has 0 aliphatic rings. The second-order valence-electron chi connectivity index (χ2n) is 5.00. The predicted octanol–water partition coefficient (Wildman–Crippen LogP) is 5.81. The molecule has 0 radical (unpaired) electrons. The smallest absolute Gasteiger partial charge is 0.244 e. The van der Waals surface area contributed by atoms with Crippen LogP contribution in [0.4, 0.5) is 65.9 Å². The molecule has 0 amide bonds. The Hall–Kier alpha value is -1.05. The fourth-order valence-corrected chi connectivity index (χ4v) is 1.40. The van der Waals surface area contributed by atoms with Crippen molar-refractivity contribution in [3.63, 3.8) is 0 Å². The van der Waals surface area contributed by atoms with E-state index < -0.39 is 61.5 Å². The van der Waals surface area contributed by atoms with E-state index in [9.17, 15) is 65.9 Å². The second-order valence-corrected chi connectivity index (χ2v) is 5.00. The van der Waals surface area contributed by atoms with Gasteiger partial charge in [-0.2, -0.15) is 48.3 Å². The molecule has 0 heterocycles. The van der Waals surface area contributed by atoms with E-state index in [1.54, 1.807) is 0 Å². The monoisotopic (exact) mass is 412 g/mol. The molecule has 0 aliphatic heterocycles. The maximum atomic E-state index is 13.0. The van der Waals surface area contributed by atoms with Crippen LogP contribution in [0, 0.1) is 0 Å². The third kappa shape index (κ3) is 4.04. The molecule has 0 aromatic carbocycles. The number of hydrogen-bond acceptors (Lipinski definition) is 0. The zero-order chi connectivity index (χ0) is 20.9. The first-order valence-corrected chi connectivity index (χ1v) is 5.78. The minimum absolute atomic E-state index is 0.410. The molecule has 0 bridgehead atoms. The van der Waals surface area contributed by atoms with Crippen LogP contribution in [0.5, 0.6) is 0 Å². The van der Waals surface area contributed by atoms with Gasteiger partial charge >= 0.3 is 29.9 Å². The van der Waals surface area contributed by atoms with E-state index >= 15 is 0 Å². The Kier molecular flexibility index (Phi) is 6.02. The molecular weight excluding hydrogens is 405 g/mol. The molecule has 0 saturated carbocycles. The molecule has 0 rings (SSSR count). The first-order chi connectivity index (χ1) is 10.5. The lowest BCUT2D eigenvalue weighted by molar-refractivity contribution is -0.423. The first kappa shape index (κ1) is 23.9. The van der Waals surface area contributed by atoms with Crippen LogP contribution in [0.15, 0.2) is 0 Å². The molecule has 0 nitrogen and oxygen atoms in total. The summed E-state index contributed by atoms with van der Waals surface area (Å²) in [6, 6.07) is 0. The molecule has 152 valence electrons. The highest BCUT2D eigenvalue weighted by atomic mass is 19.4. The largest absolute Gasteiger partial charge is 0.460 e.